The van der Waals surface area contributed by atoms with Crippen LogP contribution in [0.4, 0.5) is 10.5 Å². The third kappa shape index (κ3) is 5.21. The second-order valence-electron chi connectivity index (χ2n) is 6.97. The van der Waals surface area contributed by atoms with Crippen LogP contribution in [0.15, 0.2) is 12.1 Å². The van der Waals surface area contributed by atoms with Gasteiger partial charge >= 0.3 is 6.03 Å². The van der Waals surface area contributed by atoms with Crippen molar-refractivity contribution in [3.63, 3.8) is 0 Å². The number of hydrogen-bond donors (Lipinski definition) is 3. The standard InChI is InChI=1S/C19H28N4O3/c1-12-9-13(2)17(14(3)10-12)22-16(24)11-23(4)19(26)21-15-7-5-6-8-20-18(15)25/h9-10,15H,5-8,11H2,1-4H3,(H,20,25)(H,21,26)(H,22,24)/t15-/m1/s1. The van der Waals surface area contributed by atoms with Crippen LogP contribution in [-0.4, -0.2) is 48.9 Å². The molecule has 1 aliphatic rings. The largest absolute Gasteiger partial charge is 0.354 e. The molecule has 2 rings (SSSR count). The Balaban J connectivity index is 1.92. The van der Waals surface area contributed by atoms with Crippen LogP contribution in [0.25, 0.3) is 0 Å². The Hall–Kier alpha value is -2.57. The molecule has 0 spiro atoms. The van der Waals surface area contributed by atoms with Crippen molar-refractivity contribution >= 4 is 23.5 Å². The highest BCUT2D eigenvalue weighted by Crippen LogP contribution is 2.21. The molecular formula is C19H28N4O3. The van der Waals surface area contributed by atoms with E-state index in [-0.39, 0.29) is 18.4 Å². The van der Waals surface area contributed by atoms with E-state index in [1.54, 1.807) is 7.05 Å². The van der Waals surface area contributed by atoms with Crippen molar-refractivity contribution in [2.75, 3.05) is 25.5 Å². The maximum Gasteiger partial charge on any atom is 0.318 e. The number of nitrogens with zero attached hydrogens (tertiary/aromatic N) is 1. The molecule has 0 radical (unpaired) electrons. The third-order valence-corrected chi connectivity index (χ3v) is 4.50. The minimum absolute atomic E-state index is 0.0903. The van der Waals surface area contributed by atoms with E-state index in [0.717, 1.165) is 35.2 Å². The number of benzene rings is 1. The summed E-state index contributed by atoms with van der Waals surface area (Å²) >= 11 is 0. The van der Waals surface area contributed by atoms with Crippen molar-refractivity contribution in [3.05, 3.63) is 28.8 Å². The lowest BCUT2D eigenvalue weighted by Gasteiger charge is -2.22. The van der Waals surface area contributed by atoms with Crippen LogP contribution in [-0.2, 0) is 9.59 Å². The molecule has 1 aromatic rings. The first-order valence-corrected chi connectivity index (χ1v) is 8.95. The minimum atomic E-state index is -0.544. The summed E-state index contributed by atoms with van der Waals surface area (Å²) in [7, 11) is 1.54. The predicted molar refractivity (Wildman–Crippen MR) is 101 cm³/mol. The highest BCUT2D eigenvalue weighted by Gasteiger charge is 2.24. The number of anilines is 1. The van der Waals surface area contributed by atoms with Gasteiger partial charge in [-0.05, 0) is 51.2 Å². The van der Waals surface area contributed by atoms with Crippen LogP contribution in [0.5, 0.6) is 0 Å². The average Bonchev–Trinajstić information content (AvgIpc) is 2.75. The van der Waals surface area contributed by atoms with Gasteiger partial charge in [-0.3, -0.25) is 9.59 Å². The second-order valence-corrected chi connectivity index (χ2v) is 6.97. The van der Waals surface area contributed by atoms with Crippen LogP contribution in [0, 0.1) is 20.8 Å². The van der Waals surface area contributed by atoms with E-state index < -0.39 is 12.1 Å². The fraction of sp³-hybridized carbons (Fsp3) is 0.526. The van der Waals surface area contributed by atoms with Crippen LogP contribution < -0.4 is 16.0 Å². The lowest BCUT2D eigenvalue weighted by Crippen LogP contribution is -2.50. The normalized spacial score (nSPS) is 17.1. The summed E-state index contributed by atoms with van der Waals surface area (Å²) in [5.41, 5.74) is 3.88. The summed E-state index contributed by atoms with van der Waals surface area (Å²) in [5, 5.41) is 8.35. The molecule has 7 heteroatoms. The van der Waals surface area contributed by atoms with E-state index in [4.69, 9.17) is 0 Å². The number of amides is 4. The van der Waals surface area contributed by atoms with Crippen molar-refractivity contribution < 1.29 is 14.4 Å². The topological polar surface area (TPSA) is 90.5 Å². The molecule has 0 aromatic heterocycles. The van der Waals surface area contributed by atoms with Crippen LogP contribution in [0.3, 0.4) is 0 Å². The zero-order chi connectivity index (χ0) is 19.3. The molecule has 1 aliphatic heterocycles. The third-order valence-electron chi connectivity index (χ3n) is 4.50. The van der Waals surface area contributed by atoms with E-state index in [0.29, 0.717) is 13.0 Å². The summed E-state index contributed by atoms with van der Waals surface area (Å²) in [6.45, 7) is 6.44. The second kappa shape index (κ2) is 8.69. The first kappa shape index (κ1) is 19.8. The van der Waals surface area contributed by atoms with E-state index in [9.17, 15) is 14.4 Å². The number of nitrogens with one attached hydrogen (secondary N) is 3. The van der Waals surface area contributed by atoms with E-state index >= 15 is 0 Å². The number of likely N-dealkylation sites (N-methyl/N-ethyl adjacent to an activating group) is 1. The molecule has 1 aromatic carbocycles. The van der Waals surface area contributed by atoms with Gasteiger partial charge in [0, 0.05) is 19.3 Å². The first-order chi connectivity index (χ1) is 12.3. The smallest absolute Gasteiger partial charge is 0.318 e. The lowest BCUT2D eigenvalue weighted by molar-refractivity contribution is -0.122. The Morgan fingerprint density at radius 3 is 2.50 bits per heavy atom. The number of urea groups is 1. The molecule has 0 aliphatic carbocycles. The monoisotopic (exact) mass is 360 g/mol. The maximum absolute atomic E-state index is 12.3. The quantitative estimate of drug-likeness (QED) is 0.765. The summed E-state index contributed by atoms with van der Waals surface area (Å²) < 4.78 is 0. The number of aryl methyl sites for hydroxylation is 3. The van der Waals surface area contributed by atoms with Gasteiger partial charge in [-0.15, -0.1) is 0 Å². The molecule has 4 amide bonds. The van der Waals surface area contributed by atoms with Gasteiger partial charge in [0.15, 0.2) is 0 Å². The molecule has 1 atom stereocenters. The molecule has 7 nitrogen and oxygen atoms in total. The zero-order valence-corrected chi connectivity index (χ0v) is 15.9. The average molecular weight is 360 g/mol. The molecule has 142 valence electrons. The van der Waals surface area contributed by atoms with Crippen LogP contribution >= 0.6 is 0 Å². The van der Waals surface area contributed by atoms with Gasteiger partial charge in [0.25, 0.3) is 0 Å². The Labute approximate surface area is 154 Å². The summed E-state index contributed by atoms with van der Waals surface area (Å²) in [6, 6.07) is 3.03. The number of rotatable bonds is 4. The Bertz CT molecular complexity index is 679. The van der Waals surface area contributed by atoms with Crippen molar-refractivity contribution in [1.82, 2.24) is 15.5 Å². The molecular weight excluding hydrogens is 332 g/mol. The zero-order valence-electron chi connectivity index (χ0n) is 15.9. The molecule has 0 unspecified atom stereocenters. The fourth-order valence-corrected chi connectivity index (χ4v) is 3.18. The van der Waals surface area contributed by atoms with Gasteiger partial charge < -0.3 is 20.9 Å². The SMILES string of the molecule is Cc1cc(C)c(NC(=O)CN(C)C(=O)N[C@@H]2CCCCNC2=O)c(C)c1. The number of carbonyl (C=O) groups is 3. The molecule has 26 heavy (non-hydrogen) atoms. The van der Waals surface area contributed by atoms with Gasteiger partial charge in [0.2, 0.25) is 11.8 Å². The van der Waals surface area contributed by atoms with Crippen molar-refractivity contribution in [3.8, 4) is 0 Å². The van der Waals surface area contributed by atoms with E-state index in [1.807, 2.05) is 32.9 Å². The fourth-order valence-electron chi connectivity index (χ4n) is 3.18. The van der Waals surface area contributed by atoms with E-state index in [1.165, 1.54) is 4.90 Å². The Morgan fingerprint density at radius 2 is 1.85 bits per heavy atom. The van der Waals surface area contributed by atoms with Gasteiger partial charge in [0.05, 0.1) is 0 Å². The number of hydrogen-bond acceptors (Lipinski definition) is 3. The molecule has 0 bridgehead atoms. The van der Waals surface area contributed by atoms with Gasteiger partial charge in [-0.2, -0.15) is 0 Å². The summed E-state index contributed by atoms with van der Waals surface area (Å²) in [4.78, 5) is 37.8. The van der Waals surface area contributed by atoms with Crippen LogP contribution in [0.2, 0.25) is 0 Å². The van der Waals surface area contributed by atoms with Crippen molar-refractivity contribution in [1.29, 1.82) is 0 Å². The highest BCUT2D eigenvalue weighted by atomic mass is 16.2. The van der Waals surface area contributed by atoms with Crippen LogP contribution in [0.1, 0.15) is 36.0 Å². The Morgan fingerprint density at radius 1 is 1.19 bits per heavy atom. The lowest BCUT2D eigenvalue weighted by atomic mass is 10.1. The van der Waals surface area contributed by atoms with Gasteiger partial charge in [-0.25, -0.2) is 4.79 Å². The first-order valence-electron chi connectivity index (χ1n) is 8.95. The predicted octanol–water partition coefficient (Wildman–Crippen LogP) is 1.86. The summed E-state index contributed by atoms with van der Waals surface area (Å²) in [6.07, 6.45) is 2.39. The molecule has 1 saturated heterocycles. The molecule has 0 saturated carbocycles. The molecule has 1 heterocycles. The number of carbonyl (C=O) groups excluding carboxylic acids is 3. The van der Waals surface area contributed by atoms with Gasteiger partial charge in [-0.1, -0.05) is 17.7 Å². The minimum Gasteiger partial charge on any atom is -0.354 e. The Kier molecular flexibility index (Phi) is 6.60. The molecule has 3 N–H and O–H groups in total. The highest BCUT2D eigenvalue weighted by molar-refractivity contribution is 5.96. The van der Waals surface area contributed by atoms with E-state index in [2.05, 4.69) is 16.0 Å². The van der Waals surface area contributed by atoms with Crippen molar-refractivity contribution in [2.24, 2.45) is 0 Å². The van der Waals surface area contributed by atoms with Gasteiger partial charge in [0.1, 0.15) is 12.6 Å². The maximum atomic E-state index is 12.3. The molecule has 1 fully saturated rings. The summed E-state index contributed by atoms with van der Waals surface area (Å²) in [5.74, 6) is -0.442. The van der Waals surface area contributed by atoms with Crippen molar-refractivity contribution in [2.45, 2.75) is 46.1 Å².